The Labute approximate surface area is 219 Å². The van der Waals surface area contributed by atoms with Gasteiger partial charge in [0.15, 0.2) is 5.82 Å². The van der Waals surface area contributed by atoms with E-state index in [9.17, 15) is 4.79 Å². The number of carbonyl (C=O) groups excluding carboxylic acids is 1. The number of nitrogen functional groups attached to an aromatic ring is 1. The lowest BCUT2D eigenvalue weighted by molar-refractivity contribution is 0.262. The zero-order valence-electron chi connectivity index (χ0n) is 21.0. The zero-order chi connectivity index (χ0) is 26.1. The van der Waals surface area contributed by atoms with Gasteiger partial charge in [-0.05, 0) is 61.6 Å². The van der Waals surface area contributed by atoms with Crippen molar-refractivity contribution in [3.8, 4) is 22.8 Å². The lowest BCUT2D eigenvalue weighted by Gasteiger charge is -2.34. The number of likely N-dealkylation sites (N-methyl/N-ethyl adjacent to an activating group) is 1. The molecule has 1 saturated heterocycles. The number of carbonyl (C=O) groups is 1. The first-order valence-electron chi connectivity index (χ1n) is 12.5. The second-order valence-corrected chi connectivity index (χ2v) is 9.53. The molecule has 2 amide bonds. The number of nitrogens with zero attached hydrogens (tertiary/aromatic N) is 4. The molecule has 2 aromatic heterocycles. The first-order chi connectivity index (χ1) is 18.5. The number of urea groups is 1. The average molecular weight is 508 g/mol. The number of piperazine rings is 1. The van der Waals surface area contributed by atoms with E-state index < -0.39 is 0 Å². The van der Waals surface area contributed by atoms with Crippen LogP contribution in [0.1, 0.15) is 0 Å². The van der Waals surface area contributed by atoms with Crippen LogP contribution in [0.3, 0.4) is 0 Å². The van der Waals surface area contributed by atoms with Crippen LogP contribution < -0.4 is 21.3 Å². The van der Waals surface area contributed by atoms with Crippen LogP contribution in [-0.4, -0.2) is 64.3 Å². The first kappa shape index (κ1) is 23.6. The van der Waals surface area contributed by atoms with Gasteiger partial charge in [0.25, 0.3) is 0 Å². The highest BCUT2D eigenvalue weighted by Gasteiger charge is 2.16. The summed E-state index contributed by atoms with van der Waals surface area (Å²) in [5, 5.41) is 13.2. The van der Waals surface area contributed by atoms with E-state index in [0.29, 0.717) is 17.1 Å². The van der Waals surface area contributed by atoms with Crippen molar-refractivity contribution in [2.45, 2.75) is 0 Å². The number of fused-ring (bicyclic) bond motifs is 1. The molecule has 6 rings (SSSR count). The minimum atomic E-state index is -0.342. The SMILES string of the molecule is CN1CCN(c2ccc3nc(-c4cc(-c5ccc(NC(=O)Nc6cccc(N)c6)cc5)n[nH]4)[nH]c3c2)CC1. The number of H-pyrrole nitrogens is 2. The van der Waals surface area contributed by atoms with Gasteiger partial charge in [0, 0.05) is 54.5 Å². The fraction of sp³-hybridized carbons (Fsp3) is 0.179. The highest BCUT2D eigenvalue weighted by Crippen LogP contribution is 2.27. The minimum absolute atomic E-state index is 0.342. The molecular formula is C28H29N9O. The van der Waals surface area contributed by atoms with Crippen molar-refractivity contribution in [1.82, 2.24) is 25.1 Å². The molecule has 10 heteroatoms. The van der Waals surface area contributed by atoms with Crippen LogP contribution >= 0.6 is 0 Å². The maximum absolute atomic E-state index is 12.3. The topological polar surface area (TPSA) is 131 Å². The molecule has 1 aliphatic heterocycles. The molecule has 0 saturated carbocycles. The maximum Gasteiger partial charge on any atom is 0.323 e. The van der Waals surface area contributed by atoms with Crippen molar-refractivity contribution >= 4 is 39.8 Å². The van der Waals surface area contributed by atoms with Gasteiger partial charge in [0.1, 0.15) is 5.69 Å². The summed E-state index contributed by atoms with van der Waals surface area (Å²) in [5.41, 5.74) is 13.3. The van der Waals surface area contributed by atoms with Crippen molar-refractivity contribution in [2.75, 3.05) is 54.5 Å². The lowest BCUT2D eigenvalue weighted by Crippen LogP contribution is -2.44. The summed E-state index contributed by atoms with van der Waals surface area (Å²) in [6, 6.07) is 22.5. The normalized spacial score (nSPS) is 14.1. The molecule has 192 valence electrons. The van der Waals surface area contributed by atoms with Crippen LogP contribution in [-0.2, 0) is 0 Å². The smallest absolute Gasteiger partial charge is 0.323 e. The molecule has 3 aromatic carbocycles. The molecule has 10 nitrogen and oxygen atoms in total. The molecule has 1 fully saturated rings. The number of nitrogens with two attached hydrogens (primary N) is 1. The van der Waals surface area contributed by atoms with Gasteiger partial charge in [-0.1, -0.05) is 18.2 Å². The summed E-state index contributed by atoms with van der Waals surface area (Å²) in [7, 11) is 2.16. The largest absolute Gasteiger partial charge is 0.399 e. The molecule has 0 spiro atoms. The van der Waals surface area contributed by atoms with E-state index in [-0.39, 0.29) is 6.03 Å². The van der Waals surface area contributed by atoms with E-state index in [2.05, 4.69) is 60.9 Å². The number of anilines is 4. The molecule has 3 heterocycles. The number of aromatic amines is 2. The molecule has 0 atom stereocenters. The molecular weight excluding hydrogens is 478 g/mol. The Hall–Kier alpha value is -4.83. The predicted molar refractivity (Wildman–Crippen MR) is 152 cm³/mol. The van der Waals surface area contributed by atoms with E-state index in [1.54, 1.807) is 24.3 Å². The molecule has 1 aliphatic rings. The molecule has 6 N–H and O–H groups in total. The van der Waals surface area contributed by atoms with Gasteiger partial charge in [-0.2, -0.15) is 5.10 Å². The highest BCUT2D eigenvalue weighted by molar-refractivity contribution is 6.00. The van der Waals surface area contributed by atoms with E-state index in [1.165, 1.54) is 5.69 Å². The average Bonchev–Trinajstić information content (AvgIpc) is 3.57. The summed E-state index contributed by atoms with van der Waals surface area (Å²) in [6.45, 7) is 4.18. The van der Waals surface area contributed by atoms with Gasteiger partial charge in [0.05, 0.1) is 16.7 Å². The van der Waals surface area contributed by atoms with Gasteiger partial charge in [0.2, 0.25) is 0 Å². The second-order valence-electron chi connectivity index (χ2n) is 9.53. The third-order valence-electron chi connectivity index (χ3n) is 6.75. The van der Waals surface area contributed by atoms with Crippen LogP contribution in [0, 0.1) is 0 Å². The van der Waals surface area contributed by atoms with E-state index in [0.717, 1.165) is 60.0 Å². The maximum atomic E-state index is 12.3. The number of amides is 2. The summed E-state index contributed by atoms with van der Waals surface area (Å²) in [6.07, 6.45) is 0. The van der Waals surface area contributed by atoms with Crippen LogP contribution in [0.4, 0.5) is 27.5 Å². The highest BCUT2D eigenvalue weighted by atomic mass is 16.2. The number of hydrogen-bond donors (Lipinski definition) is 5. The number of rotatable bonds is 5. The molecule has 0 radical (unpaired) electrons. The second kappa shape index (κ2) is 9.91. The van der Waals surface area contributed by atoms with Crippen LogP contribution in [0.5, 0.6) is 0 Å². The number of benzene rings is 3. The van der Waals surface area contributed by atoms with Gasteiger partial charge in [-0.25, -0.2) is 9.78 Å². The third kappa shape index (κ3) is 5.02. The Morgan fingerprint density at radius 3 is 2.50 bits per heavy atom. The summed E-state index contributed by atoms with van der Waals surface area (Å²) >= 11 is 0. The number of imidazole rings is 1. The third-order valence-corrected chi connectivity index (χ3v) is 6.75. The minimum Gasteiger partial charge on any atom is -0.399 e. The van der Waals surface area contributed by atoms with Crippen LogP contribution in [0.15, 0.2) is 72.8 Å². The number of aromatic nitrogens is 4. The molecule has 0 aliphatic carbocycles. The van der Waals surface area contributed by atoms with Crippen molar-refractivity contribution in [1.29, 1.82) is 0 Å². The zero-order valence-corrected chi connectivity index (χ0v) is 21.0. The standard InChI is InChI=1S/C28H29N9O/c1-36-11-13-37(14-12-36)22-9-10-23-25(16-22)33-27(32-23)26-17-24(34-35-26)18-5-7-20(8-6-18)30-28(38)31-21-4-2-3-19(29)15-21/h2-10,15-17H,11-14,29H2,1H3,(H,32,33)(H,34,35)(H2,30,31,38). The van der Waals surface area contributed by atoms with Crippen molar-refractivity contribution in [3.05, 3.63) is 72.8 Å². The lowest BCUT2D eigenvalue weighted by atomic mass is 10.1. The van der Waals surface area contributed by atoms with Gasteiger partial charge in [-0.3, -0.25) is 5.10 Å². The Morgan fingerprint density at radius 2 is 1.71 bits per heavy atom. The Morgan fingerprint density at radius 1 is 0.921 bits per heavy atom. The molecule has 0 bridgehead atoms. The molecule has 38 heavy (non-hydrogen) atoms. The molecule has 5 aromatic rings. The molecule has 0 unspecified atom stereocenters. The Bertz CT molecular complexity index is 1580. The summed E-state index contributed by atoms with van der Waals surface area (Å²) in [5.74, 6) is 0.741. The van der Waals surface area contributed by atoms with E-state index in [4.69, 9.17) is 10.7 Å². The van der Waals surface area contributed by atoms with Gasteiger partial charge in [-0.15, -0.1) is 0 Å². The van der Waals surface area contributed by atoms with Gasteiger partial charge < -0.3 is 31.2 Å². The number of hydrogen-bond acceptors (Lipinski definition) is 6. The fourth-order valence-electron chi connectivity index (χ4n) is 4.61. The Balaban J connectivity index is 1.13. The van der Waals surface area contributed by atoms with Gasteiger partial charge >= 0.3 is 6.03 Å². The van der Waals surface area contributed by atoms with E-state index in [1.807, 2.05) is 30.3 Å². The quantitative estimate of drug-likeness (QED) is 0.221. The van der Waals surface area contributed by atoms with E-state index >= 15 is 0 Å². The van der Waals surface area contributed by atoms with Crippen LogP contribution in [0.25, 0.3) is 33.8 Å². The summed E-state index contributed by atoms with van der Waals surface area (Å²) < 4.78 is 0. The number of nitrogens with one attached hydrogen (secondary N) is 4. The summed E-state index contributed by atoms with van der Waals surface area (Å²) in [4.78, 5) is 25.3. The van der Waals surface area contributed by atoms with Crippen molar-refractivity contribution < 1.29 is 4.79 Å². The van der Waals surface area contributed by atoms with Crippen LogP contribution in [0.2, 0.25) is 0 Å². The van der Waals surface area contributed by atoms with Crippen molar-refractivity contribution in [3.63, 3.8) is 0 Å². The first-order valence-corrected chi connectivity index (χ1v) is 12.5. The monoisotopic (exact) mass is 507 g/mol. The predicted octanol–water partition coefficient (Wildman–Crippen LogP) is 4.60. The Kier molecular flexibility index (Phi) is 6.14. The van der Waals surface area contributed by atoms with Crippen molar-refractivity contribution in [2.24, 2.45) is 0 Å². The fourth-order valence-corrected chi connectivity index (χ4v) is 4.61.